The Balaban J connectivity index is 0.00000242. The van der Waals surface area contributed by atoms with Crippen LogP contribution in [0.2, 0.25) is 0 Å². The molecule has 2 atom stereocenters. The highest BCUT2D eigenvalue weighted by molar-refractivity contribution is 7.89. The number of halogens is 1. The molecular weight excluding hydrogens is 320 g/mol. The average molecular weight is 347 g/mol. The highest BCUT2D eigenvalue weighted by atomic mass is 35.5. The van der Waals surface area contributed by atoms with E-state index in [2.05, 4.69) is 37.7 Å². The zero-order valence-electron chi connectivity index (χ0n) is 13.7. The van der Waals surface area contributed by atoms with E-state index >= 15 is 0 Å². The van der Waals surface area contributed by atoms with Crippen LogP contribution in [0.3, 0.4) is 0 Å². The molecule has 0 saturated carbocycles. The lowest BCUT2D eigenvalue weighted by atomic mass is 9.87. The van der Waals surface area contributed by atoms with Crippen LogP contribution in [0.1, 0.15) is 39.7 Å². The van der Waals surface area contributed by atoms with Crippen LogP contribution >= 0.6 is 12.4 Å². The first-order valence-corrected chi connectivity index (χ1v) is 9.02. The third-order valence-corrected chi connectivity index (χ3v) is 5.63. The Labute approximate surface area is 140 Å². The minimum absolute atomic E-state index is 0. The summed E-state index contributed by atoms with van der Waals surface area (Å²) >= 11 is 0. The second kappa shape index (κ2) is 7.30. The summed E-state index contributed by atoms with van der Waals surface area (Å²) in [6, 6.07) is 7.22. The van der Waals surface area contributed by atoms with E-state index in [1.807, 2.05) is 12.1 Å². The Morgan fingerprint density at radius 3 is 2.27 bits per heavy atom. The summed E-state index contributed by atoms with van der Waals surface area (Å²) in [7, 11) is -3.43. The number of hydrogen-bond donors (Lipinski definition) is 2. The van der Waals surface area contributed by atoms with Crippen LogP contribution in [-0.4, -0.2) is 27.5 Å². The number of nitrogens with one attached hydrogen (secondary N) is 2. The molecule has 0 spiro atoms. The highest BCUT2D eigenvalue weighted by Gasteiger charge is 2.26. The molecular formula is C16H27ClN2O2S. The van der Waals surface area contributed by atoms with Crippen LogP contribution in [0.5, 0.6) is 0 Å². The lowest BCUT2D eigenvalue weighted by molar-refractivity contribution is 0.328. The van der Waals surface area contributed by atoms with Crippen molar-refractivity contribution < 1.29 is 8.42 Å². The maximum atomic E-state index is 12.5. The van der Waals surface area contributed by atoms with Crippen molar-refractivity contribution in [2.24, 2.45) is 5.92 Å². The van der Waals surface area contributed by atoms with Gasteiger partial charge in [0.05, 0.1) is 4.90 Å². The Morgan fingerprint density at radius 1 is 1.18 bits per heavy atom. The molecule has 1 fully saturated rings. The average Bonchev–Trinajstić information content (AvgIpc) is 2.40. The van der Waals surface area contributed by atoms with E-state index in [1.54, 1.807) is 12.1 Å². The van der Waals surface area contributed by atoms with Gasteiger partial charge in [0.2, 0.25) is 10.0 Å². The quantitative estimate of drug-likeness (QED) is 0.884. The van der Waals surface area contributed by atoms with Gasteiger partial charge >= 0.3 is 0 Å². The summed E-state index contributed by atoms with van der Waals surface area (Å²) in [5.41, 5.74) is 1.16. The Kier molecular flexibility index (Phi) is 6.45. The molecule has 1 aromatic rings. The van der Waals surface area contributed by atoms with E-state index in [0.717, 1.165) is 25.1 Å². The number of sulfonamides is 1. The SMILES string of the molecule is CC1CNCCC1NS(=O)(=O)c1ccc(C(C)(C)C)cc1.Cl. The van der Waals surface area contributed by atoms with Crippen LogP contribution in [0.15, 0.2) is 29.2 Å². The molecule has 0 bridgehead atoms. The van der Waals surface area contributed by atoms with Crippen molar-refractivity contribution in [3.63, 3.8) is 0 Å². The summed E-state index contributed by atoms with van der Waals surface area (Å²) in [6.07, 6.45) is 0.834. The fourth-order valence-electron chi connectivity index (χ4n) is 2.59. The zero-order valence-corrected chi connectivity index (χ0v) is 15.4. The van der Waals surface area contributed by atoms with Crippen LogP contribution in [-0.2, 0) is 15.4 Å². The predicted octanol–water partition coefficient (Wildman–Crippen LogP) is 2.68. The van der Waals surface area contributed by atoms with Gasteiger partial charge in [-0.2, -0.15) is 0 Å². The van der Waals surface area contributed by atoms with E-state index in [0.29, 0.717) is 10.8 Å². The molecule has 1 aromatic carbocycles. The largest absolute Gasteiger partial charge is 0.316 e. The molecule has 0 aliphatic carbocycles. The van der Waals surface area contributed by atoms with Gasteiger partial charge in [-0.15, -0.1) is 12.4 Å². The number of benzene rings is 1. The van der Waals surface area contributed by atoms with Gasteiger partial charge in [-0.3, -0.25) is 0 Å². The van der Waals surface area contributed by atoms with Gasteiger partial charge < -0.3 is 5.32 Å². The van der Waals surface area contributed by atoms with Crippen molar-refractivity contribution in [1.82, 2.24) is 10.0 Å². The van der Waals surface area contributed by atoms with Crippen LogP contribution < -0.4 is 10.0 Å². The van der Waals surface area contributed by atoms with Crippen molar-refractivity contribution in [3.05, 3.63) is 29.8 Å². The molecule has 0 radical (unpaired) electrons. The molecule has 0 amide bonds. The molecule has 22 heavy (non-hydrogen) atoms. The maximum Gasteiger partial charge on any atom is 0.240 e. The minimum atomic E-state index is -3.43. The number of hydrogen-bond acceptors (Lipinski definition) is 3. The van der Waals surface area contributed by atoms with Crippen molar-refractivity contribution in [1.29, 1.82) is 0 Å². The molecule has 2 N–H and O–H groups in total. The first-order valence-electron chi connectivity index (χ1n) is 7.54. The van der Waals surface area contributed by atoms with E-state index in [4.69, 9.17) is 0 Å². The normalized spacial score (nSPS) is 22.9. The molecule has 1 aliphatic heterocycles. The number of piperidine rings is 1. The third kappa shape index (κ3) is 4.69. The predicted molar refractivity (Wildman–Crippen MR) is 93.2 cm³/mol. The second-order valence-corrected chi connectivity index (χ2v) is 8.69. The second-order valence-electron chi connectivity index (χ2n) is 6.97. The summed E-state index contributed by atoms with van der Waals surface area (Å²) in [6.45, 7) is 10.1. The lowest BCUT2D eigenvalue weighted by Crippen LogP contribution is -2.48. The van der Waals surface area contributed by atoms with Gasteiger partial charge in [0.15, 0.2) is 0 Å². The number of rotatable bonds is 3. The maximum absolute atomic E-state index is 12.5. The standard InChI is InChI=1S/C16H26N2O2S.ClH/c1-12-11-17-10-9-15(12)18-21(19,20)14-7-5-13(6-8-14)16(2,3)4;/h5-8,12,15,17-18H,9-11H2,1-4H3;1H. The van der Waals surface area contributed by atoms with E-state index in [9.17, 15) is 8.42 Å². The highest BCUT2D eigenvalue weighted by Crippen LogP contribution is 2.24. The fraction of sp³-hybridized carbons (Fsp3) is 0.625. The molecule has 6 heteroatoms. The third-order valence-electron chi connectivity index (χ3n) is 4.12. The first kappa shape index (κ1) is 19.4. The van der Waals surface area contributed by atoms with Crippen LogP contribution in [0.25, 0.3) is 0 Å². The Morgan fingerprint density at radius 2 is 1.77 bits per heavy atom. The van der Waals surface area contributed by atoms with Crippen LogP contribution in [0.4, 0.5) is 0 Å². The van der Waals surface area contributed by atoms with Crippen molar-refractivity contribution in [3.8, 4) is 0 Å². The monoisotopic (exact) mass is 346 g/mol. The Bertz CT molecular complexity index is 579. The van der Waals surface area contributed by atoms with E-state index < -0.39 is 10.0 Å². The van der Waals surface area contributed by atoms with Crippen molar-refractivity contribution in [2.45, 2.75) is 50.5 Å². The molecule has 1 aliphatic rings. The summed E-state index contributed by atoms with van der Waals surface area (Å²) in [5, 5.41) is 3.28. The van der Waals surface area contributed by atoms with Gasteiger partial charge in [-0.05, 0) is 48.5 Å². The van der Waals surface area contributed by atoms with Gasteiger partial charge in [0.1, 0.15) is 0 Å². The smallest absolute Gasteiger partial charge is 0.240 e. The van der Waals surface area contributed by atoms with Crippen molar-refractivity contribution >= 4 is 22.4 Å². The first-order chi connectivity index (χ1) is 9.70. The fourth-order valence-corrected chi connectivity index (χ4v) is 3.97. The topological polar surface area (TPSA) is 58.2 Å². The Hall–Kier alpha value is -0.620. The van der Waals surface area contributed by atoms with E-state index in [-0.39, 0.29) is 23.9 Å². The van der Waals surface area contributed by atoms with Crippen LogP contribution in [0, 0.1) is 5.92 Å². The molecule has 126 valence electrons. The van der Waals surface area contributed by atoms with Gasteiger partial charge in [-0.1, -0.05) is 39.8 Å². The molecule has 1 saturated heterocycles. The summed E-state index contributed by atoms with van der Waals surface area (Å²) in [4.78, 5) is 0.348. The van der Waals surface area contributed by atoms with E-state index in [1.165, 1.54) is 0 Å². The molecule has 1 heterocycles. The summed E-state index contributed by atoms with van der Waals surface area (Å²) < 4.78 is 27.8. The summed E-state index contributed by atoms with van der Waals surface area (Å²) in [5.74, 6) is 0.308. The van der Waals surface area contributed by atoms with Gasteiger partial charge in [0, 0.05) is 6.04 Å². The molecule has 2 rings (SSSR count). The molecule has 4 nitrogen and oxygen atoms in total. The molecule has 2 unspecified atom stereocenters. The molecule has 0 aromatic heterocycles. The van der Waals surface area contributed by atoms with Crippen molar-refractivity contribution in [2.75, 3.05) is 13.1 Å². The van der Waals surface area contributed by atoms with Gasteiger partial charge in [-0.25, -0.2) is 13.1 Å². The minimum Gasteiger partial charge on any atom is -0.316 e. The lowest BCUT2D eigenvalue weighted by Gasteiger charge is -2.30. The van der Waals surface area contributed by atoms with Gasteiger partial charge in [0.25, 0.3) is 0 Å². The zero-order chi connectivity index (χ0) is 15.7.